The predicted octanol–water partition coefficient (Wildman–Crippen LogP) is 4.24. The second kappa shape index (κ2) is 5.56. The lowest BCUT2D eigenvalue weighted by molar-refractivity contribution is 0.414. The molecular weight excluding hydrogens is 260 g/mol. The number of methoxy groups -OCH3 is 1. The zero-order chi connectivity index (χ0) is 14.7. The standard InChI is InChI=1S/C18H14N2O/c1-21-15-6-4-5-13(10-15)9-14(11-19)17-12-20-18-8-3-2-7-16(17)18/h2-10,12,20H,1H3/b14-9+. The van der Waals surface area contributed by atoms with Crippen LogP contribution in [0.1, 0.15) is 11.1 Å². The number of benzene rings is 2. The molecule has 2 aromatic carbocycles. The summed E-state index contributed by atoms with van der Waals surface area (Å²) in [6, 6.07) is 17.9. The molecule has 0 aliphatic carbocycles. The van der Waals surface area contributed by atoms with E-state index in [1.807, 2.05) is 60.8 Å². The number of H-pyrrole nitrogens is 1. The average molecular weight is 274 g/mol. The van der Waals surface area contributed by atoms with Crippen LogP contribution in [0.2, 0.25) is 0 Å². The van der Waals surface area contributed by atoms with E-state index in [2.05, 4.69) is 11.1 Å². The number of ether oxygens (including phenoxy) is 1. The lowest BCUT2D eigenvalue weighted by Gasteiger charge is -2.02. The molecule has 0 aliphatic rings. The fourth-order valence-electron chi connectivity index (χ4n) is 2.36. The molecule has 1 heterocycles. The minimum atomic E-state index is 0.626. The second-order valence-electron chi connectivity index (χ2n) is 4.69. The molecule has 0 atom stereocenters. The van der Waals surface area contributed by atoms with Gasteiger partial charge in [-0.25, -0.2) is 0 Å². The van der Waals surface area contributed by atoms with Crippen molar-refractivity contribution >= 4 is 22.6 Å². The van der Waals surface area contributed by atoms with Crippen LogP contribution in [-0.2, 0) is 0 Å². The molecule has 3 nitrogen and oxygen atoms in total. The summed E-state index contributed by atoms with van der Waals surface area (Å²) < 4.78 is 5.21. The number of aromatic amines is 1. The van der Waals surface area contributed by atoms with Gasteiger partial charge in [-0.3, -0.25) is 0 Å². The van der Waals surface area contributed by atoms with Crippen LogP contribution in [0.5, 0.6) is 5.75 Å². The maximum absolute atomic E-state index is 9.48. The number of hydrogen-bond acceptors (Lipinski definition) is 2. The largest absolute Gasteiger partial charge is 0.497 e. The van der Waals surface area contributed by atoms with Gasteiger partial charge in [0.15, 0.2) is 0 Å². The number of nitrogens with zero attached hydrogens (tertiary/aromatic N) is 1. The zero-order valence-corrected chi connectivity index (χ0v) is 11.6. The van der Waals surface area contributed by atoms with Crippen molar-refractivity contribution in [3.8, 4) is 11.8 Å². The van der Waals surface area contributed by atoms with E-state index in [1.54, 1.807) is 7.11 Å². The van der Waals surface area contributed by atoms with E-state index in [0.29, 0.717) is 5.57 Å². The number of nitriles is 1. The van der Waals surface area contributed by atoms with E-state index in [1.165, 1.54) is 0 Å². The monoisotopic (exact) mass is 274 g/mol. The highest BCUT2D eigenvalue weighted by atomic mass is 16.5. The zero-order valence-electron chi connectivity index (χ0n) is 11.6. The molecule has 0 unspecified atom stereocenters. The molecule has 0 bridgehead atoms. The van der Waals surface area contributed by atoms with Gasteiger partial charge in [-0.1, -0.05) is 30.3 Å². The van der Waals surface area contributed by atoms with E-state index in [4.69, 9.17) is 4.74 Å². The van der Waals surface area contributed by atoms with Gasteiger partial charge in [0.25, 0.3) is 0 Å². The third kappa shape index (κ3) is 2.52. The quantitative estimate of drug-likeness (QED) is 0.726. The molecule has 3 rings (SSSR count). The van der Waals surface area contributed by atoms with Crippen molar-refractivity contribution in [2.45, 2.75) is 0 Å². The number of para-hydroxylation sites is 1. The summed E-state index contributed by atoms with van der Waals surface area (Å²) in [5.74, 6) is 0.778. The number of hydrogen-bond donors (Lipinski definition) is 1. The van der Waals surface area contributed by atoms with Crippen LogP contribution >= 0.6 is 0 Å². The molecule has 102 valence electrons. The van der Waals surface area contributed by atoms with Crippen molar-refractivity contribution in [2.24, 2.45) is 0 Å². The first-order valence-electron chi connectivity index (χ1n) is 6.64. The van der Waals surface area contributed by atoms with Gasteiger partial charge in [-0.15, -0.1) is 0 Å². The highest BCUT2D eigenvalue weighted by Crippen LogP contribution is 2.26. The summed E-state index contributed by atoms with van der Waals surface area (Å²) in [6.07, 6.45) is 3.75. The van der Waals surface area contributed by atoms with Crippen molar-refractivity contribution in [1.82, 2.24) is 4.98 Å². The number of nitrogens with one attached hydrogen (secondary N) is 1. The molecule has 0 fully saturated rings. The van der Waals surface area contributed by atoms with Gasteiger partial charge in [-0.2, -0.15) is 5.26 Å². The molecule has 3 heteroatoms. The summed E-state index contributed by atoms with van der Waals surface area (Å²) in [5.41, 5.74) is 3.51. The number of aromatic nitrogens is 1. The van der Waals surface area contributed by atoms with Gasteiger partial charge in [0.05, 0.1) is 18.8 Å². The molecular formula is C18H14N2O. The van der Waals surface area contributed by atoms with Gasteiger partial charge in [0.1, 0.15) is 5.75 Å². The predicted molar refractivity (Wildman–Crippen MR) is 84.8 cm³/mol. The first-order chi connectivity index (χ1) is 10.3. The molecule has 1 N–H and O–H groups in total. The van der Waals surface area contributed by atoms with Crippen LogP contribution in [0.4, 0.5) is 0 Å². The summed E-state index contributed by atoms with van der Waals surface area (Å²) in [7, 11) is 1.63. The van der Waals surface area contributed by atoms with Crippen molar-refractivity contribution in [1.29, 1.82) is 5.26 Å². The van der Waals surface area contributed by atoms with Crippen LogP contribution in [0, 0.1) is 11.3 Å². The molecule has 0 saturated heterocycles. The second-order valence-corrected chi connectivity index (χ2v) is 4.69. The lowest BCUT2D eigenvalue weighted by Crippen LogP contribution is -1.84. The van der Waals surface area contributed by atoms with E-state index in [0.717, 1.165) is 27.8 Å². The van der Waals surface area contributed by atoms with Crippen LogP contribution in [-0.4, -0.2) is 12.1 Å². The number of fused-ring (bicyclic) bond motifs is 1. The Morgan fingerprint density at radius 1 is 1.19 bits per heavy atom. The molecule has 21 heavy (non-hydrogen) atoms. The maximum Gasteiger partial charge on any atom is 0.119 e. The Morgan fingerprint density at radius 3 is 2.86 bits per heavy atom. The highest BCUT2D eigenvalue weighted by Gasteiger charge is 2.08. The van der Waals surface area contributed by atoms with E-state index < -0.39 is 0 Å². The Balaban J connectivity index is 2.09. The maximum atomic E-state index is 9.48. The Kier molecular flexibility index (Phi) is 3.44. The molecule has 1 aromatic heterocycles. The summed E-state index contributed by atoms with van der Waals surface area (Å²) in [5, 5.41) is 10.5. The SMILES string of the molecule is COc1cccc(/C=C(\C#N)c2c[nH]c3ccccc23)c1. The fourth-order valence-corrected chi connectivity index (χ4v) is 2.36. The molecule has 0 radical (unpaired) electrons. The number of allylic oxidation sites excluding steroid dienone is 1. The third-order valence-electron chi connectivity index (χ3n) is 3.40. The van der Waals surface area contributed by atoms with Crippen LogP contribution < -0.4 is 4.74 Å². The minimum Gasteiger partial charge on any atom is -0.497 e. The Morgan fingerprint density at radius 2 is 2.05 bits per heavy atom. The Labute approximate surface area is 123 Å². The molecule has 0 spiro atoms. The van der Waals surface area contributed by atoms with Crippen molar-refractivity contribution in [2.75, 3.05) is 7.11 Å². The lowest BCUT2D eigenvalue weighted by atomic mass is 10.0. The smallest absolute Gasteiger partial charge is 0.119 e. The Hall–Kier alpha value is -2.99. The fraction of sp³-hybridized carbons (Fsp3) is 0.0556. The molecule has 0 aliphatic heterocycles. The van der Waals surface area contributed by atoms with Gasteiger partial charge in [0, 0.05) is 22.7 Å². The van der Waals surface area contributed by atoms with Crippen molar-refractivity contribution < 1.29 is 4.74 Å². The van der Waals surface area contributed by atoms with E-state index in [-0.39, 0.29) is 0 Å². The van der Waals surface area contributed by atoms with E-state index >= 15 is 0 Å². The summed E-state index contributed by atoms with van der Waals surface area (Å²) in [6.45, 7) is 0. The minimum absolute atomic E-state index is 0.626. The average Bonchev–Trinajstić information content (AvgIpc) is 2.97. The molecule has 3 aromatic rings. The van der Waals surface area contributed by atoms with Gasteiger partial charge in [0.2, 0.25) is 0 Å². The normalized spacial score (nSPS) is 11.3. The number of rotatable bonds is 3. The van der Waals surface area contributed by atoms with E-state index in [9.17, 15) is 5.26 Å². The van der Waals surface area contributed by atoms with Crippen LogP contribution in [0.15, 0.2) is 54.7 Å². The first-order valence-corrected chi connectivity index (χ1v) is 6.64. The summed E-state index contributed by atoms with van der Waals surface area (Å²) >= 11 is 0. The summed E-state index contributed by atoms with van der Waals surface area (Å²) in [4.78, 5) is 3.19. The van der Waals surface area contributed by atoms with Crippen molar-refractivity contribution in [3.63, 3.8) is 0 Å². The van der Waals surface area contributed by atoms with Gasteiger partial charge in [-0.05, 0) is 29.8 Å². The van der Waals surface area contributed by atoms with Crippen molar-refractivity contribution in [3.05, 3.63) is 65.9 Å². The highest BCUT2D eigenvalue weighted by molar-refractivity contribution is 6.01. The molecule has 0 saturated carbocycles. The van der Waals surface area contributed by atoms with Gasteiger partial charge < -0.3 is 9.72 Å². The van der Waals surface area contributed by atoms with Crippen LogP contribution in [0.25, 0.3) is 22.6 Å². The molecule has 0 amide bonds. The third-order valence-corrected chi connectivity index (χ3v) is 3.40. The van der Waals surface area contributed by atoms with Gasteiger partial charge >= 0.3 is 0 Å². The topological polar surface area (TPSA) is 48.8 Å². The Bertz CT molecular complexity index is 853. The first kappa shape index (κ1) is 13.0. The van der Waals surface area contributed by atoms with Crippen LogP contribution in [0.3, 0.4) is 0 Å².